The van der Waals surface area contributed by atoms with E-state index in [1.54, 1.807) is 6.07 Å². The molecule has 1 aromatic heterocycles. The lowest BCUT2D eigenvalue weighted by molar-refractivity contribution is 0.0937. The highest BCUT2D eigenvalue weighted by atomic mass is 16.2. The number of anilines is 1. The summed E-state index contributed by atoms with van der Waals surface area (Å²) in [4.78, 5) is 29.0. The van der Waals surface area contributed by atoms with Crippen molar-refractivity contribution in [1.29, 1.82) is 0 Å². The van der Waals surface area contributed by atoms with E-state index in [0.717, 1.165) is 42.5 Å². The summed E-state index contributed by atoms with van der Waals surface area (Å²) in [6.45, 7) is 3.90. The van der Waals surface area contributed by atoms with Crippen LogP contribution in [0.25, 0.3) is 0 Å². The molecule has 1 aliphatic rings. The second-order valence-corrected chi connectivity index (χ2v) is 6.64. The van der Waals surface area contributed by atoms with Gasteiger partial charge in [-0.3, -0.25) is 14.6 Å². The lowest BCUT2D eigenvalue weighted by atomic mass is 10.1. The summed E-state index contributed by atoms with van der Waals surface area (Å²) >= 11 is 0. The van der Waals surface area contributed by atoms with Crippen LogP contribution < -0.4 is 10.6 Å². The van der Waals surface area contributed by atoms with Crippen LogP contribution in [0, 0.1) is 13.8 Å². The van der Waals surface area contributed by atoms with Gasteiger partial charge >= 0.3 is 0 Å². The number of aromatic nitrogens is 1. The number of pyridine rings is 1. The largest absolute Gasteiger partial charge is 0.349 e. The fourth-order valence-corrected chi connectivity index (χ4v) is 3.22. The molecule has 25 heavy (non-hydrogen) atoms. The normalized spacial score (nSPS) is 14.3. The van der Waals surface area contributed by atoms with Gasteiger partial charge in [0.25, 0.3) is 11.8 Å². The Morgan fingerprint density at radius 3 is 2.24 bits per heavy atom. The third-order valence-corrected chi connectivity index (χ3v) is 4.67. The van der Waals surface area contributed by atoms with Crippen molar-refractivity contribution in [2.75, 3.05) is 5.32 Å². The van der Waals surface area contributed by atoms with E-state index < -0.39 is 0 Å². The average molecular weight is 337 g/mol. The van der Waals surface area contributed by atoms with Gasteiger partial charge in [0.15, 0.2) is 0 Å². The summed E-state index contributed by atoms with van der Waals surface area (Å²) in [5, 5.41) is 5.94. The molecule has 2 N–H and O–H groups in total. The van der Waals surface area contributed by atoms with Crippen LogP contribution in [0.5, 0.6) is 0 Å². The molecule has 0 saturated heterocycles. The van der Waals surface area contributed by atoms with Crippen molar-refractivity contribution in [1.82, 2.24) is 10.3 Å². The predicted molar refractivity (Wildman–Crippen MR) is 97.8 cm³/mol. The lowest BCUT2D eigenvalue weighted by Crippen LogP contribution is -2.32. The van der Waals surface area contributed by atoms with E-state index in [0.29, 0.717) is 11.1 Å². The van der Waals surface area contributed by atoms with Gasteiger partial charge in [0.05, 0.1) is 11.1 Å². The number of nitrogens with zero attached hydrogens (tertiary/aromatic N) is 1. The molecule has 0 unspecified atom stereocenters. The van der Waals surface area contributed by atoms with Crippen molar-refractivity contribution >= 4 is 17.5 Å². The summed E-state index contributed by atoms with van der Waals surface area (Å²) in [7, 11) is 0. The Morgan fingerprint density at radius 1 is 1.00 bits per heavy atom. The van der Waals surface area contributed by atoms with Crippen molar-refractivity contribution in [3.8, 4) is 0 Å². The molecule has 1 heterocycles. The van der Waals surface area contributed by atoms with Gasteiger partial charge in [-0.25, -0.2) is 0 Å². The molecular formula is C20H23N3O2. The van der Waals surface area contributed by atoms with Gasteiger partial charge in [-0.05, 0) is 43.9 Å². The standard InChI is InChI=1S/C20H23N3O2/c1-13-6-5-7-14(2)18(13)23-20(25)16-10-15(11-21-12-16)19(24)22-17-8-3-4-9-17/h5-7,10-12,17H,3-4,8-9H2,1-2H3,(H,22,24)(H,23,25). The van der Waals surface area contributed by atoms with E-state index in [1.807, 2.05) is 32.0 Å². The number of nitrogens with one attached hydrogen (secondary N) is 2. The molecule has 1 aromatic carbocycles. The van der Waals surface area contributed by atoms with Crippen LogP contribution in [0.4, 0.5) is 5.69 Å². The summed E-state index contributed by atoms with van der Waals surface area (Å²) in [6, 6.07) is 7.69. The van der Waals surface area contributed by atoms with Gasteiger partial charge in [-0.1, -0.05) is 31.0 Å². The Balaban J connectivity index is 1.74. The lowest BCUT2D eigenvalue weighted by Gasteiger charge is -2.13. The van der Waals surface area contributed by atoms with Crippen LogP contribution in [0.15, 0.2) is 36.7 Å². The summed E-state index contributed by atoms with van der Waals surface area (Å²) < 4.78 is 0. The SMILES string of the molecule is Cc1cccc(C)c1NC(=O)c1cncc(C(=O)NC2CCCC2)c1. The Labute approximate surface area is 147 Å². The maximum absolute atomic E-state index is 12.6. The molecule has 1 saturated carbocycles. The van der Waals surface area contributed by atoms with Gasteiger partial charge in [0, 0.05) is 24.1 Å². The fourth-order valence-electron chi connectivity index (χ4n) is 3.22. The number of carbonyl (C=O) groups excluding carboxylic acids is 2. The van der Waals surface area contributed by atoms with Crippen molar-refractivity contribution < 1.29 is 9.59 Å². The Bertz CT molecular complexity index is 775. The Kier molecular flexibility index (Phi) is 5.12. The van der Waals surface area contributed by atoms with Gasteiger partial charge in [-0.15, -0.1) is 0 Å². The highest BCUT2D eigenvalue weighted by Gasteiger charge is 2.19. The van der Waals surface area contributed by atoms with Crippen LogP contribution in [0.2, 0.25) is 0 Å². The second kappa shape index (κ2) is 7.47. The summed E-state index contributed by atoms with van der Waals surface area (Å²) in [5.41, 5.74) is 3.59. The molecule has 0 radical (unpaired) electrons. The number of hydrogen-bond acceptors (Lipinski definition) is 3. The smallest absolute Gasteiger partial charge is 0.257 e. The number of hydrogen-bond donors (Lipinski definition) is 2. The van der Waals surface area contributed by atoms with E-state index in [2.05, 4.69) is 15.6 Å². The van der Waals surface area contributed by atoms with Gasteiger partial charge in [0.1, 0.15) is 0 Å². The first-order chi connectivity index (χ1) is 12.0. The molecule has 1 aliphatic carbocycles. The van der Waals surface area contributed by atoms with E-state index in [1.165, 1.54) is 12.4 Å². The van der Waals surface area contributed by atoms with Crippen molar-refractivity contribution in [3.63, 3.8) is 0 Å². The third-order valence-electron chi connectivity index (χ3n) is 4.67. The first-order valence-electron chi connectivity index (χ1n) is 8.68. The van der Waals surface area contributed by atoms with Gasteiger partial charge in [0.2, 0.25) is 0 Å². The first-order valence-corrected chi connectivity index (χ1v) is 8.68. The molecule has 3 rings (SSSR count). The molecule has 2 amide bonds. The van der Waals surface area contributed by atoms with Crippen LogP contribution in [0.3, 0.4) is 0 Å². The number of carbonyl (C=O) groups is 2. The van der Waals surface area contributed by atoms with E-state index in [4.69, 9.17) is 0 Å². The molecule has 1 fully saturated rings. The van der Waals surface area contributed by atoms with Crippen LogP contribution in [-0.2, 0) is 0 Å². The quantitative estimate of drug-likeness (QED) is 0.895. The zero-order chi connectivity index (χ0) is 17.8. The minimum atomic E-state index is -0.264. The van der Waals surface area contributed by atoms with Crippen LogP contribution in [0.1, 0.15) is 57.5 Å². The summed E-state index contributed by atoms with van der Waals surface area (Å²) in [5.74, 6) is -0.429. The monoisotopic (exact) mass is 337 g/mol. The van der Waals surface area contributed by atoms with Crippen LogP contribution in [-0.4, -0.2) is 22.8 Å². The van der Waals surface area contributed by atoms with Gasteiger partial charge in [-0.2, -0.15) is 0 Å². The Hall–Kier alpha value is -2.69. The number of rotatable bonds is 4. The number of para-hydroxylation sites is 1. The third kappa shape index (κ3) is 4.05. The molecule has 130 valence electrons. The van der Waals surface area contributed by atoms with Crippen molar-refractivity contribution in [2.45, 2.75) is 45.6 Å². The van der Waals surface area contributed by atoms with E-state index in [-0.39, 0.29) is 17.9 Å². The minimum Gasteiger partial charge on any atom is -0.349 e. The van der Waals surface area contributed by atoms with Gasteiger partial charge < -0.3 is 10.6 Å². The zero-order valence-electron chi connectivity index (χ0n) is 14.6. The minimum absolute atomic E-state index is 0.166. The van der Waals surface area contributed by atoms with E-state index >= 15 is 0 Å². The first kappa shape index (κ1) is 17.1. The number of benzene rings is 1. The molecule has 5 heteroatoms. The zero-order valence-corrected chi connectivity index (χ0v) is 14.6. The maximum Gasteiger partial charge on any atom is 0.257 e. The molecule has 5 nitrogen and oxygen atoms in total. The Morgan fingerprint density at radius 2 is 1.60 bits per heavy atom. The highest BCUT2D eigenvalue weighted by molar-refractivity contribution is 6.06. The topological polar surface area (TPSA) is 71.1 Å². The average Bonchev–Trinajstić information content (AvgIpc) is 3.11. The molecular weight excluding hydrogens is 314 g/mol. The molecule has 0 bridgehead atoms. The number of aryl methyl sites for hydroxylation is 2. The molecule has 0 atom stereocenters. The molecule has 2 aromatic rings. The van der Waals surface area contributed by atoms with Crippen molar-refractivity contribution in [3.05, 3.63) is 58.9 Å². The van der Waals surface area contributed by atoms with E-state index in [9.17, 15) is 9.59 Å². The summed E-state index contributed by atoms with van der Waals surface area (Å²) in [6.07, 6.45) is 7.33. The maximum atomic E-state index is 12.6. The predicted octanol–water partition coefficient (Wildman–Crippen LogP) is 3.62. The van der Waals surface area contributed by atoms with Crippen molar-refractivity contribution in [2.24, 2.45) is 0 Å². The molecule has 0 spiro atoms. The highest BCUT2D eigenvalue weighted by Crippen LogP contribution is 2.21. The fraction of sp³-hybridized carbons (Fsp3) is 0.350. The molecule has 0 aliphatic heterocycles. The second-order valence-electron chi connectivity index (χ2n) is 6.64. The number of amides is 2. The van der Waals surface area contributed by atoms with Crippen LogP contribution >= 0.6 is 0 Å².